The number of nitrogens with zero attached hydrogens (tertiary/aromatic N) is 3. The first-order valence-corrected chi connectivity index (χ1v) is 8.58. The summed E-state index contributed by atoms with van der Waals surface area (Å²) in [4.78, 5) is 18.3. The average Bonchev–Trinajstić information content (AvgIpc) is 3.00. The number of carbonyl (C=O) groups excluding carboxylic acids is 1. The number of carbonyl (C=O) groups is 1. The van der Waals surface area contributed by atoms with Crippen LogP contribution in [0, 0.1) is 0 Å². The van der Waals surface area contributed by atoms with Crippen LogP contribution in [-0.4, -0.2) is 33.2 Å². The molecule has 0 aliphatic rings. The molecule has 4 nitrogen and oxygen atoms in total. The predicted molar refractivity (Wildman–Crippen MR) is 90.9 cm³/mol. The molecule has 2 aromatic rings. The fourth-order valence-electron chi connectivity index (χ4n) is 2.16. The zero-order chi connectivity index (χ0) is 15.9. The SMILES string of the molecule is CCc1ccc(CN(C)C(=O)CSc2nccn2CC)cc1. The van der Waals surface area contributed by atoms with Gasteiger partial charge in [-0.2, -0.15) is 0 Å². The zero-order valence-electron chi connectivity index (χ0n) is 13.5. The molecule has 1 aromatic carbocycles. The molecule has 1 amide bonds. The highest BCUT2D eigenvalue weighted by Gasteiger charge is 2.12. The Labute approximate surface area is 136 Å². The zero-order valence-corrected chi connectivity index (χ0v) is 14.3. The smallest absolute Gasteiger partial charge is 0.233 e. The molecule has 22 heavy (non-hydrogen) atoms. The normalized spacial score (nSPS) is 10.7. The van der Waals surface area contributed by atoms with Gasteiger partial charge < -0.3 is 9.47 Å². The molecule has 0 spiro atoms. The lowest BCUT2D eigenvalue weighted by molar-refractivity contribution is -0.127. The maximum absolute atomic E-state index is 12.2. The number of hydrogen-bond acceptors (Lipinski definition) is 3. The number of aromatic nitrogens is 2. The molecular weight excluding hydrogens is 294 g/mol. The fraction of sp³-hybridized carbons (Fsp3) is 0.412. The average molecular weight is 317 g/mol. The fourth-order valence-corrected chi connectivity index (χ4v) is 3.12. The van der Waals surface area contributed by atoms with Gasteiger partial charge in [-0.25, -0.2) is 4.98 Å². The second kappa shape index (κ2) is 8.03. The van der Waals surface area contributed by atoms with Crippen molar-refractivity contribution in [2.24, 2.45) is 0 Å². The predicted octanol–water partition coefficient (Wildman–Crippen LogP) is 3.22. The third-order valence-corrected chi connectivity index (χ3v) is 4.61. The van der Waals surface area contributed by atoms with E-state index in [1.165, 1.54) is 17.3 Å². The van der Waals surface area contributed by atoms with Gasteiger partial charge >= 0.3 is 0 Å². The Kier molecular flexibility index (Phi) is 6.07. The molecule has 0 radical (unpaired) electrons. The van der Waals surface area contributed by atoms with Crippen LogP contribution >= 0.6 is 11.8 Å². The molecule has 0 N–H and O–H groups in total. The maximum Gasteiger partial charge on any atom is 0.233 e. The number of amides is 1. The molecule has 0 bridgehead atoms. The lowest BCUT2D eigenvalue weighted by Crippen LogP contribution is -2.27. The van der Waals surface area contributed by atoms with Crippen molar-refractivity contribution in [3.8, 4) is 0 Å². The van der Waals surface area contributed by atoms with Crippen LogP contribution in [0.3, 0.4) is 0 Å². The van der Waals surface area contributed by atoms with Crippen LogP contribution < -0.4 is 0 Å². The van der Waals surface area contributed by atoms with Crippen molar-refractivity contribution in [1.82, 2.24) is 14.5 Å². The minimum Gasteiger partial charge on any atom is -0.341 e. The molecule has 1 aromatic heterocycles. The van der Waals surface area contributed by atoms with Gasteiger partial charge in [0.15, 0.2) is 5.16 Å². The van der Waals surface area contributed by atoms with Gasteiger partial charge in [-0.1, -0.05) is 43.0 Å². The van der Waals surface area contributed by atoms with Crippen LogP contribution in [0.1, 0.15) is 25.0 Å². The Morgan fingerprint density at radius 1 is 1.23 bits per heavy atom. The Balaban J connectivity index is 1.86. The van der Waals surface area contributed by atoms with Crippen LogP contribution in [0.4, 0.5) is 0 Å². The molecule has 1 heterocycles. The molecule has 0 saturated heterocycles. The number of aryl methyl sites for hydroxylation is 2. The number of thioether (sulfide) groups is 1. The number of imidazole rings is 1. The van der Waals surface area contributed by atoms with Gasteiger partial charge in [0.25, 0.3) is 0 Å². The first-order chi connectivity index (χ1) is 10.6. The van der Waals surface area contributed by atoms with E-state index in [0.717, 1.165) is 23.7 Å². The minimum absolute atomic E-state index is 0.121. The van der Waals surface area contributed by atoms with Crippen molar-refractivity contribution in [2.45, 2.75) is 38.5 Å². The van der Waals surface area contributed by atoms with Gasteiger partial charge in [0.1, 0.15) is 0 Å². The summed E-state index contributed by atoms with van der Waals surface area (Å²) in [5.74, 6) is 0.538. The van der Waals surface area contributed by atoms with Crippen molar-refractivity contribution in [1.29, 1.82) is 0 Å². The molecule has 0 fully saturated rings. The van der Waals surface area contributed by atoms with E-state index in [4.69, 9.17) is 0 Å². The van der Waals surface area contributed by atoms with Crippen LogP contribution in [0.25, 0.3) is 0 Å². The summed E-state index contributed by atoms with van der Waals surface area (Å²) in [7, 11) is 1.85. The van der Waals surface area contributed by atoms with Gasteiger partial charge in [-0.15, -0.1) is 0 Å². The van der Waals surface area contributed by atoms with Crippen LogP contribution in [0.2, 0.25) is 0 Å². The minimum atomic E-state index is 0.121. The van der Waals surface area contributed by atoms with E-state index in [-0.39, 0.29) is 5.91 Å². The van der Waals surface area contributed by atoms with Gasteiger partial charge in [0, 0.05) is 32.5 Å². The molecular formula is C17H23N3OS. The van der Waals surface area contributed by atoms with Crippen LogP contribution in [-0.2, 0) is 24.3 Å². The lowest BCUT2D eigenvalue weighted by Gasteiger charge is -2.17. The van der Waals surface area contributed by atoms with Gasteiger partial charge in [-0.3, -0.25) is 4.79 Å². The summed E-state index contributed by atoms with van der Waals surface area (Å²) in [5, 5.41) is 0.900. The molecule has 0 unspecified atom stereocenters. The second-order valence-electron chi connectivity index (χ2n) is 5.20. The highest BCUT2D eigenvalue weighted by atomic mass is 32.2. The third-order valence-electron chi connectivity index (χ3n) is 3.62. The summed E-state index contributed by atoms with van der Waals surface area (Å²) >= 11 is 1.49. The van der Waals surface area contributed by atoms with Crippen molar-refractivity contribution in [2.75, 3.05) is 12.8 Å². The Morgan fingerprint density at radius 3 is 2.55 bits per heavy atom. The topological polar surface area (TPSA) is 38.1 Å². The molecule has 0 aliphatic heterocycles. The summed E-state index contributed by atoms with van der Waals surface area (Å²) in [5.41, 5.74) is 2.48. The number of benzene rings is 1. The highest BCUT2D eigenvalue weighted by Crippen LogP contribution is 2.16. The van der Waals surface area contributed by atoms with E-state index < -0.39 is 0 Å². The van der Waals surface area contributed by atoms with Crippen molar-refractivity contribution < 1.29 is 4.79 Å². The van der Waals surface area contributed by atoms with E-state index in [0.29, 0.717) is 12.3 Å². The Hall–Kier alpha value is -1.75. The lowest BCUT2D eigenvalue weighted by atomic mass is 10.1. The van der Waals surface area contributed by atoms with Crippen molar-refractivity contribution in [3.05, 3.63) is 47.8 Å². The first kappa shape index (κ1) is 16.6. The molecule has 5 heteroatoms. The van der Waals surface area contributed by atoms with E-state index in [9.17, 15) is 4.79 Å². The summed E-state index contributed by atoms with van der Waals surface area (Å²) in [6.45, 7) is 5.73. The summed E-state index contributed by atoms with van der Waals surface area (Å²) < 4.78 is 2.04. The Morgan fingerprint density at radius 2 is 1.91 bits per heavy atom. The van der Waals surface area contributed by atoms with Crippen molar-refractivity contribution >= 4 is 17.7 Å². The van der Waals surface area contributed by atoms with E-state index in [1.54, 1.807) is 11.1 Å². The largest absolute Gasteiger partial charge is 0.341 e. The number of hydrogen-bond donors (Lipinski definition) is 0. The quantitative estimate of drug-likeness (QED) is 0.736. The van der Waals surface area contributed by atoms with E-state index in [2.05, 4.69) is 43.1 Å². The van der Waals surface area contributed by atoms with Crippen LogP contribution in [0.15, 0.2) is 41.8 Å². The molecule has 2 rings (SSSR count). The monoisotopic (exact) mass is 317 g/mol. The molecule has 118 valence electrons. The molecule has 0 atom stereocenters. The summed E-state index contributed by atoms with van der Waals surface area (Å²) in [6.07, 6.45) is 4.75. The van der Waals surface area contributed by atoms with E-state index >= 15 is 0 Å². The molecule has 0 aliphatic carbocycles. The van der Waals surface area contributed by atoms with Crippen LogP contribution in [0.5, 0.6) is 0 Å². The second-order valence-corrected chi connectivity index (χ2v) is 6.15. The van der Waals surface area contributed by atoms with Gasteiger partial charge in [0.05, 0.1) is 5.75 Å². The van der Waals surface area contributed by atoms with Gasteiger partial charge in [-0.05, 0) is 24.5 Å². The highest BCUT2D eigenvalue weighted by molar-refractivity contribution is 7.99. The standard InChI is InChI=1S/C17H23N3OS/c1-4-14-6-8-15(9-7-14)12-19(3)16(21)13-22-17-18-10-11-20(17)5-2/h6-11H,4-5,12-13H2,1-3H3. The first-order valence-electron chi connectivity index (χ1n) is 7.59. The van der Waals surface area contributed by atoms with E-state index in [1.807, 2.05) is 17.8 Å². The summed E-state index contributed by atoms with van der Waals surface area (Å²) in [6, 6.07) is 8.44. The van der Waals surface area contributed by atoms with Crippen molar-refractivity contribution in [3.63, 3.8) is 0 Å². The van der Waals surface area contributed by atoms with Gasteiger partial charge in [0.2, 0.25) is 5.91 Å². The Bertz CT molecular complexity index is 607. The third kappa shape index (κ3) is 4.37. The number of rotatable bonds is 7. The molecule has 0 saturated carbocycles. The maximum atomic E-state index is 12.2.